The second kappa shape index (κ2) is 4.94. The van der Waals surface area contributed by atoms with Crippen molar-refractivity contribution in [3.8, 4) is 0 Å². The van der Waals surface area contributed by atoms with Crippen molar-refractivity contribution in [2.45, 2.75) is 6.04 Å². The minimum atomic E-state index is -0.623. The molecular formula is C17H16N2O. The van der Waals surface area contributed by atoms with Crippen molar-refractivity contribution in [2.75, 3.05) is 0 Å². The first-order valence-electron chi connectivity index (χ1n) is 6.57. The van der Waals surface area contributed by atoms with E-state index in [9.17, 15) is 4.79 Å². The maximum absolute atomic E-state index is 12.6. The van der Waals surface area contributed by atoms with E-state index in [4.69, 9.17) is 5.73 Å². The molecule has 3 rings (SSSR count). The van der Waals surface area contributed by atoms with Gasteiger partial charge in [0.1, 0.15) is 0 Å². The summed E-state index contributed by atoms with van der Waals surface area (Å²) in [6.07, 6.45) is 1.86. The standard InChI is InChI=1S/C17H16N2O/c1-19-11-14(13-9-5-6-10-15(13)19)17(20)16(18)12-7-3-2-4-8-12/h2-11,16H,18H2,1H3. The average Bonchev–Trinajstić information content (AvgIpc) is 2.84. The van der Waals surface area contributed by atoms with Crippen molar-refractivity contribution in [1.29, 1.82) is 0 Å². The Kier molecular flexibility index (Phi) is 3.12. The van der Waals surface area contributed by atoms with Crippen LogP contribution in [0.25, 0.3) is 10.9 Å². The fourth-order valence-corrected chi connectivity index (χ4v) is 2.52. The van der Waals surface area contributed by atoms with Gasteiger partial charge < -0.3 is 10.3 Å². The third-order valence-electron chi connectivity index (χ3n) is 3.60. The highest BCUT2D eigenvalue weighted by Crippen LogP contribution is 2.24. The summed E-state index contributed by atoms with van der Waals surface area (Å²) >= 11 is 0. The monoisotopic (exact) mass is 264 g/mol. The van der Waals surface area contributed by atoms with Crippen LogP contribution in [0.2, 0.25) is 0 Å². The van der Waals surface area contributed by atoms with E-state index in [0.29, 0.717) is 5.56 Å². The number of nitrogens with two attached hydrogens (primary N) is 1. The molecular weight excluding hydrogens is 248 g/mol. The molecule has 2 N–H and O–H groups in total. The van der Waals surface area contributed by atoms with Gasteiger partial charge in [0.15, 0.2) is 5.78 Å². The molecule has 1 aromatic heterocycles. The molecule has 20 heavy (non-hydrogen) atoms. The quantitative estimate of drug-likeness (QED) is 0.739. The fourth-order valence-electron chi connectivity index (χ4n) is 2.52. The molecule has 0 amide bonds. The second-order valence-corrected chi connectivity index (χ2v) is 4.92. The SMILES string of the molecule is Cn1cc(C(=O)C(N)c2ccccc2)c2ccccc21. The summed E-state index contributed by atoms with van der Waals surface area (Å²) in [5.74, 6) is -0.0481. The largest absolute Gasteiger partial charge is 0.350 e. The Morgan fingerprint density at radius 3 is 2.45 bits per heavy atom. The highest BCUT2D eigenvalue weighted by molar-refractivity contribution is 6.10. The summed E-state index contributed by atoms with van der Waals surface area (Å²) in [7, 11) is 1.94. The van der Waals surface area contributed by atoms with E-state index < -0.39 is 6.04 Å². The Balaban J connectivity index is 2.05. The van der Waals surface area contributed by atoms with E-state index in [-0.39, 0.29) is 5.78 Å². The lowest BCUT2D eigenvalue weighted by Crippen LogP contribution is -2.21. The van der Waals surface area contributed by atoms with Crippen molar-refractivity contribution >= 4 is 16.7 Å². The smallest absolute Gasteiger partial charge is 0.186 e. The molecule has 0 saturated heterocycles. The van der Waals surface area contributed by atoms with Crippen molar-refractivity contribution in [1.82, 2.24) is 4.57 Å². The Labute approximate surface area is 117 Å². The molecule has 1 unspecified atom stereocenters. The number of hydrogen-bond donors (Lipinski definition) is 1. The van der Waals surface area contributed by atoms with E-state index in [1.807, 2.05) is 72.4 Å². The third-order valence-corrected chi connectivity index (χ3v) is 3.60. The van der Waals surface area contributed by atoms with Gasteiger partial charge in [-0.25, -0.2) is 0 Å². The topological polar surface area (TPSA) is 48.0 Å². The van der Waals surface area contributed by atoms with Crippen molar-refractivity contribution in [3.63, 3.8) is 0 Å². The van der Waals surface area contributed by atoms with Crippen LogP contribution >= 0.6 is 0 Å². The van der Waals surface area contributed by atoms with E-state index in [1.165, 1.54) is 0 Å². The van der Waals surface area contributed by atoms with Gasteiger partial charge >= 0.3 is 0 Å². The molecule has 100 valence electrons. The van der Waals surface area contributed by atoms with Gasteiger partial charge in [0, 0.05) is 29.7 Å². The lowest BCUT2D eigenvalue weighted by molar-refractivity contribution is 0.0963. The molecule has 2 aromatic carbocycles. The molecule has 0 aliphatic heterocycles. The molecule has 3 nitrogen and oxygen atoms in total. The highest BCUT2D eigenvalue weighted by atomic mass is 16.1. The zero-order chi connectivity index (χ0) is 14.1. The Morgan fingerprint density at radius 2 is 1.70 bits per heavy atom. The van der Waals surface area contributed by atoms with Crippen molar-refractivity contribution in [2.24, 2.45) is 12.8 Å². The Morgan fingerprint density at radius 1 is 1.05 bits per heavy atom. The summed E-state index contributed by atoms with van der Waals surface area (Å²) in [5.41, 5.74) is 8.67. The number of aromatic nitrogens is 1. The molecule has 0 bridgehead atoms. The van der Waals surface area contributed by atoms with Gasteiger partial charge in [0.25, 0.3) is 0 Å². The van der Waals surface area contributed by atoms with Crippen LogP contribution < -0.4 is 5.73 Å². The number of Topliss-reactive ketones (excluding diaryl/α,β-unsaturated/α-hetero) is 1. The van der Waals surface area contributed by atoms with Crippen LogP contribution in [0.5, 0.6) is 0 Å². The van der Waals surface area contributed by atoms with Gasteiger partial charge in [-0.15, -0.1) is 0 Å². The number of ketones is 1. The van der Waals surface area contributed by atoms with Crippen LogP contribution in [-0.4, -0.2) is 10.4 Å². The second-order valence-electron chi connectivity index (χ2n) is 4.92. The summed E-state index contributed by atoms with van der Waals surface area (Å²) < 4.78 is 1.96. The molecule has 0 radical (unpaired) electrons. The van der Waals surface area contributed by atoms with Crippen LogP contribution in [0, 0.1) is 0 Å². The summed E-state index contributed by atoms with van der Waals surface area (Å²) in [4.78, 5) is 12.6. The molecule has 1 heterocycles. The van der Waals surface area contributed by atoms with Crippen molar-refractivity contribution in [3.05, 3.63) is 71.9 Å². The van der Waals surface area contributed by atoms with Crippen molar-refractivity contribution < 1.29 is 4.79 Å². The van der Waals surface area contributed by atoms with Crippen LogP contribution in [0.3, 0.4) is 0 Å². The van der Waals surface area contributed by atoms with Gasteiger partial charge in [0.2, 0.25) is 0 Å². The highest BCUT2D eigenvalue weighted by Gasteiger charge is 2.21. The van der Waals surface area contributed by atoms with E-state index in [1.54, 1.807) is 0 Å². The number of rotatable bonds is 3. The number of benzene rings is 2. The Hall–Kier alpha value is -2.39. The molecule has 1 atom stereocenters. The molecule has 3 heteroatoms. The molecule has 0 fully saturated rings. The van der Waals surface area contributed by atoms with Crippen LogP contribution in [0.1, 0.15) is 22.0 Å². The zero-order valence-corrected chi connectivity index (χ0v) is 11.3. The number of carbonyl (C=O) groups is 1. The molecule has 0 spiro atoms. The number of nitrogens with zero attached hydrogens (tertiary/aromatic N) is 1. The summed E-state index contributed by atoms with van der Waals surface area (Å²) in [5, 5.41) is 0.950. The average molecular weight is 264 g/mol. The number of carbonyl (C=O) groups excluding carboxylic acids is 1. The van der Waals surface area contributed by atoms with E-state index in [2.05, 4.69) is 0 Å². The Bertz CT molecular complexity index is 759. The van der Waals surface area contributed by atoms with Gasteiger partial charge in [0.05, 0.1) is 6.04 Å². The fraction of sp³-hybridized carbons (Fsp3) is 0.118. The van der Waals surface area contributed by atoms with Crippen LogP contribution in [0.4, 0.5) is 0 Å². The first kappa shape index (κ1) is 12.6. The minimum Gasteiger partial charge on any atom is -0.350 e. The van der Waals surface area contributed by atoms with Crippen LogP contribution in [0.15, 0.2) is 60.8 Å². The summed E-state index contributed by atoms with van der Waals surface area (Å²) in [6.45, 7) is 0. The molecule has 0 aliphatic carbocycles. The lowest BCUT2D eigenvalue weighted by Gasteiger charge is -2.10. The zero-order valence-electron chi connectivity index (χ0n) is 11.3. The molecule has 0 aliphatic rings. The normalized spacial score (nSPS) is 12.5. The number of fused-ring (bicyclic) bond motifs is 1. The first-order chi connectivity index (χ1) is 9.68. The maximum Gasteiger partial charge on any atom is 0.186 e. The predicted molar refractivity (Wildman–Crippen MR) is 80.6 cm³/mol. The maximum atomic E-state index is 12.6. The number of hydrogen-bond acceptors (Lipinski definition) is 2. The predicted octanol–water partition coefficient (Wildman–Crippen LogP) is 3.06. The van der Waals surface area contributed by atoms with Crippen LogP contribution in [-0.2, 0) is 7.05 Å². The van der Waals surface area contributed by atoms with E-state index >= 15 is 0 Å². The third kappa shape index (κ3) is 2.02. The first-order valence-corrected chi connectivity index (χ1v) is 6.57. The lowest BCUT2D eigenvalue weighted by atomic mass is 9.98. The molecule has 3 aromatic rings. The van der Waals surface area contributed by atoms with E-state index in [0.717, 1.165) is 16.5 Å². The van der Waals surface area contributed by atoms with Gasteiger partial charge in [-0.2, -0.15) is 0 Å². The van der Waals surface area contributed by atoms with Gasteiger partial charge in [-0.1, -0.05) is 48.5 Å². The summed E-state index contributed by atoms with van der Waals surface area (Å²) in [6, 6.07) is 16.7. The van der Waals surface area contributed by atoms with Gasteiger partial charge in [-0.3, -0.25) is 4.79 Å². The minimum absolute atomic E-state index is 0.0481. The van der Waals surface area contributed by atoms with Gasteiger partial charge in [-0.05, 0) is 11.6 Å². The number of aryl methyl sites for hydroxylation is 1. The molecule has 0 saturated carbocycles. The number of para-hydroxylation sites is 1.